The fraction of sp³-hybridized carbons (Fsp3) is 0.200. The number of aliphatic hydroxyl groups excluding tert-OH is 1. The van der Waals surface area contributed by atoms with Crippen LogP contribution in [0, 0.1) is 12.8 Å². The number of anilines is 1. The lowest BCUT2D eigenvalue weighted by atomic mass is 9.78. The van der Waals surface area contributed by atoms with Gasteiger partial charge < -0.3 is 10.1 Å². The zero-order chi connectivity index (χ0) is 22.6. The molecule has 1 aliphatic heterocycles. The van der Waals surface area contributed by atoms with Crippen molar-refractivity contribution < 1.29 is 13.5 Å². The topological polar surface area (TPSA) is 73.4 Å². The molecule has 1 aliphatic rings. The summed E-state index contributed by atoms with van der Waals surface area (Å²) in [5.41, 5.74) is 3.70. The minimum absolute atomic E-state index is 0.151. The van der Waals surface area contributed by atoms with E-state index in [1.54, 1.807) is 24.3 Å². The Hall–Kier alpha value is -2.61. The fourth-order valence-electron chi connectivity index (χ4n) is 4.66. The van der Waals surface area contributed by atoms with Crippen LogP contribution in [0.4, 0.5) is 5.82 Å². The van der Waals surface area contributed by atoms with Crippen LogP contribution in [0.2, 0.25) is 0 Å². The third-order valence-corrected chi connectivity index (χ3v) is 8.56. The van der Waals surface area contributed by atoms with Crippen molar-refractivity contribution in [2.75, 3.05) is 4.31 Å². The standard InChI is InChI=1S/C25H23BrN2O3S/c1-15-8-11-19(12-9-15)32(30,31)28-24-23(20-14-18(26)10-13-21(20)27-24)22(16(2)25(28)29)17-6-4-3-5-7-17/h3-14,16,22,25,27,29H,1-2H3/t16-,22+,25-/m1/s1. The molecule has 0 unspecified atom stereocenters. The van der Waals surface area contributed by atoms with E-state index in [0.29, 0.717) is 5.82 Å². The van der Waals surface area contributed by atoms with Crippen molar-refractivity contribution in [2.45, 2.75) is 30.9 Å². The number of aromatic nitrogens is 1. The minimum Gasteiger partial charge on any atom is -0.372 e. The maximum atomic E-state index is 13.7. The summed E-state index contributed by atoms with van der Waals surface area (Å²) in [6, 6.07) is 22.5. The molecule has 0 radical (unpaired) electrons. The number of nitrogens with one attached hydrogen (secondary N) is 1. The fourth-order valence-corrected chi connectivity index (χ4v) is 6.59. The summed E-state index contributed by atoms with van der Waals surface area (Å²) in [6.45, 7) is 3.81. The van der Waals surface area contributed by atoms with E-state index in [2.05, 4.69) is 20.9 Å². The van der Waals surface area contributed by atoms with Gasteiger partial charge >= 0.3 is 0 Å². The van der Waals surface area contributed by atoms with E-state index in [4.69, 9.17) is 0 Å². The normalized spacial score (nSPS) is 21.0. The quantitative estimate of drug-likeness (QED) is 0.380. The molecular weight excluding hydrogens is 488 g/mol. The largest absolute Gasteiger partial charge is 0.372 e. The maximum absolute atomic E-state index is 13.7. The van der Waals surface area contributed by atoms with Gasteiger partial charge in [0, 0.05) is 32.8 Å². The first-order valence-corrected chi connectivity index (χ1v) is 12.7. The number of rotatable bonds is 3. The van der Waals surface area contributed by atoms with Crippen LogP contribution in [0.15, 0.2) is 82.2 Å². The lowest BCUT2D eigenvalue weighted by Gasteiger charge is -2.41. The monoisotopic (exact) mass is 510 g/mol. The highest BCUT2D eigenvalue weighted by molar-refractivity contribution is 9.10. The van der Waals surface area contributed by atoms with Crippen LogP contribution < -0.4 is 4.31 Å². The van der Waals surface area contributed by atoms with Crippen molar-refractivity contribution in [2.24, 2.45) is 5.92 Å². The first-order valence-electron chi connectivity index (χ1n) is 10.4. The highest BCUT2D eigenvalue weighted by Gasteiger charge is 2.46. The second-order valence-corrected chi connectivity index (χ2v) is 11.1. The maximum Gasteiger partial charge on any atom is 0.267 e. The summed E-state index contributed by atoms with van der Waals surface area (Å²) in [5.74, 6) is -0.130. The van der Waals surface area contributed by atoms with Crippen LogP contribution in [0.5, 0.6) is 0 Å². The number of fused-ring (bicyclic) bond motifs is 3. The molecule has 4 aromatic rings. The summed E-state index contributed by atoms with van der Waals surface area (Å²) in [4.78, 5) is 3.45. The Morgan fingerprint density at radius 2 is 1.69 bits per heavy atom. The summed E-state index contributed by atoms with van der Waals surface area (Å²) in [5, 5.41) is 12.3. The number of sulfonamides is 1. The van der Waals surface area contributed by atoms with Gasteiger partial charge in [0.05, 0.1) is 4.90 Å². The van der Waals surface area contributed by atoms with Gasteiger partial charge in [-0.3, -0.25) is 0 Å². The lowest BCUT2D eigenvalue weighted by Crippen LogP contribution is -2.49. The van der Waals surface area contributed by atoms with E-state index in [1.807, 2.05) is 62.4 Å². The van der Waals surface area contributed by atoms with Gasteiger partial charge in [-0.25, -0.2) is 12.7 Å². The molecule has 0 aliphatic carbocycles. The van der Waals surface area contributed by atoms with Crippen LogP contribution in [-0.4, -0.2) is 24.7 Å². The average Bonchev–Trinajstić information content (AvgIpc) is 3.13. The molecule has 1 aromatic heterocycles. The smallest absolute Gasteiger partial charge is 0.267 e. The Morgan fingerprint density at radius 3 is 2.38 bits per heavy atom. The molecule has 0 saturated heterocycles. The predicted octanol–water partition coefficient (Wildman–Crippen LogP) is 5.53. The van der Waals surface area contributed by atoms with Gasteiger partial charge in [0.2, 0.25) is 0 Å². The number of hydrogen-bond acceptors (Lipinski definition) is 3. The van der Waals surface area contributed by atoms with Crippen molar-refractivity contribution in [1.29, 1.82) is 0 Å². The summed E-state index contributed by atoms with van der Waals surface area (Å²) >= 11 is 3.55. The van der Waals surface area contributed by atoms with Crippen LogP contribution in [0.25, 0.3) is 10.9 Å². The van der Waals surface area contributed by atoms with E-state index >= 15 is 0 Å². The van der Waals surface area contributed by atoms with E-state index in [-0.39, 0.29) is 16.7 Å². The van der Waals surface area contributed by atoms with Gasteiger partial charge in [-0.05, 0) is 42.8 Å². The van der Waals surface area contributed by atoms with Gasteiger partial charge in [0.15, 0.2) is 0 Å². The number of aryl methyl sites for hydroxylation is 1. The molecule has 3 aromatic carbocycles. The van der Waals surface area contributed by atoms with Crippen molar-refractivity contribution >= 4 is 42.7 Å². The molecule has 7 heteroatoms. The third kappa shape index (κ3) is 3.27. The molecule has 0 saturated carbocycles. The molecule has 2 heterocycles. The number of halogens is 1. The molecular formula is C25H23BrN2O3S. The van der Waals surface area contributed by atoms with Crippen LogP contribution in [0.1, 0.15) is 29.5 Å². The Bertz CT molecular complexity index is 1400. The van der Waals surface area contributed by atoms with E-state index in [9.17, 15) is 13.5 Å². The molecule has 5 rings (SSSR count). The molecule has 0 amide bonds. The van der Waals surface area contributed by atoms with Crippen molar-refractivity contribution in [3.63, 3.8) is 0 Å². The highest BCUT2D eigenvalue weighted by atomic mass is 79.9. The van der Waals surface area contributed by atoms with Gasteiger partial charge in [-0.15, -0.1) is 0 Å². The van der Waals surface area contributed by atoms with Gasteiger partial charge in [0.1, 0.15) is 12.0 Å². The van der Waals surface area contributed by atoms with E-state index in [0.717, 1.165) is 36.4 Å². The number of hydrogen-bond donors (Lipinski definition) is 2. The molecule has 164 valence electrons. The Balaban J connectivity index is 1.79. The molecule has 3 atom stereocenters. The second kappa shape index (κ2) is 7.76. The lowest BCUT2D eigenvalue weighted by molar-refractivity contribution is 0.112. The SMILES string of the molecule is Cc1ccc(S(=O)(=O)N2c3[nH]c4ccc(Br)cc4c3[C@H](c3ccccc3)[C@@H](C)[C@H]2O)cc1. The number of aliphatic hydroxyl groups is 1. The molecule has 0 spiro atoms. The Kier molecular flexibility index (Phi) is 5.15. The van der Waals surface area contributed by atoms with Gasteiger partial charge in [-0.1, -0.05) is 70.9 Å². The van der Waals surface area contributed by atoms with Crippen molar-refractivity contribution in [3.8, 4) is 0 Å². The zero-order valence-electron chi connectivity index (χ0n) is 17.7. The first-order chi connectivity index (χ1) is 15.3. The minimum atomic E-state index is -4.00. The van der Waals surface area contributed by atoms with Crippen molar-refractivity contribution in [3.05, 3.63) is 94.0 Å². The number of nitrogens with zero attached hydrogens (tertiary/aromatic N) is 1. The summed E-state index contributed by atoms with van der Waals surface area (Å²) in [7, 11) is -4.00. The Morgan fingerprint density at radius 1 is 1.00 bits per heavy atom. The van der Waals surface area contributed by atoms with Gasteiger partial charge in [-0.2, -0.15) is 0 Å². The van der Waals surface area contributed by atoms with Crippen LogP contribution in [0.3, 0.4) is 0 Å². The molecule has 0 bridgehead atoms. The van der Waals surface area contributed by atoms with E-state index < -0.39 is 16.3 Å². The third-order valence-electron chi connectivity index (χ3n) is 6.28. The molecule has 0 fully saturated rings. The zero-order valence-corrected chi connectivity index (χ0v) is 20.1. The molecule has 5 nitrogen and oxygen atoms in total. The van der Waals surface area contributed by atoms with Crippen LogP contribution in [-0.2, 0) is 10.0 Å². The van der Waals surface area contributed by atoms with E-state index in [1.165, 1.54) is 0 Å². The van der Waals surface area contributed by atoms with Gasteiger partial charge in [0.25, 0.3) is 10.0 Å². The predicted molar refractivity (Wildman–Crippen MR) is 130 cm³/mol. The summed E-state index contributed by atoms with van der Waals surface area (Å²) < 4.78 is 29.5. The number of H-pyrrole nitrogens is 1. The second-order valence-electron chi connectivity index (χ2n) is 8.35. The van der Waals surface area contributed by atoms with Crippen molar-refractivity contribution in [1.82, 2.24) is 4.98 Å². The first kappa shape index (κ1) is 21.2. The summed E-state index contributed by atoms with van der Waals surface area (Å²) in [6.07, 6.45) is -1.23. The number of benzene rings is 3. The molecule has 32 heavy (non-hydrogen) atoms. The average molecular weight is 511 g/mol. The molecule has 2 N–H and O–H groups in total. The highest BCUT2D eigenvalue weighted by Crippen LogP contribution is 2.50. The number of aromatic amines is 1. The van der Waals surface area contributed by atoms with Crippen LogP contribution >= 0.6 is 15.9 Å². The Labute approximate surface area is 195 Å².